The highest BCUT2D eigenvalue weighted by molar-refractivity contribution is 7.96. The van der Waals surface area contributed by atoms with Crippen molar-refractivity contribution in [3.8, 4) is 0 Å². The standard InChI is InChI=1S/C17H15F3N2OS/c1-24-21-9-11-7-13-14(15(8-11)17(18,19)20)10-22(16(13)23)12-5-3-2-4-6-12/h2-8,21H,9-10H2,1H3. The maximum Gasteiger partial charge on any atom is 0.416 e. The van der Waals surface area contributed by atoms with Gasteiger partial charge in [0.1, 0.15) is 0 Å². The van der Waals surface area contributed by atoms with Gasteiger partial charge in [-0.1, -0.05) is 30.1 Å². The second kappa shape index (κ2) is 6.49. The number of carbonyl (C=O) groups is 1. The van der Waals surface area contributed by atoms with Crippen LogP contribution in [0.3, 0.4) is 0 Å². The highest BCUT2D eigenvalue weighted by Gasteiger charge is 2.40. The summed E-state index contributed by atoms with van der Waals surface area (Å²) in [6, 6.07) is 11.4. The summed E-state index contributed by atoms with van der Waals surface area (Å²) >= 11 is 1.31. The van der Waals surface area contributed by atoms with Crippen molar-refractivity contribution >= 4 is 23.5 Å². The number of alkyl halides is 3. The zero-order chi connectivity index (χ0) is 17.3. The molecular formula is C17H15F3N2OS. The lowest BCUT2D eigenvalue weighted by atomic mass is 9.99. The first-order valence-corrected chi connectivity index (χ1v) is 8.50. The molecule has 2 aromatic rings. The largest absolute Gasteiger partial charge is 0.416 e. The van der Waals surface area contributed by atoms with Gasteiger partial charge in [0.15, 0.2) is 0 Å². The zero-order valence-electron chi connectivity index (χ0n) is 12.9. The van der Waals surface area contributed by atoms with E-state index in [4.69, 9.17) is 0 Å². The number of para-hydroxylation sites is 1. The summed E-state index contributed by atoms with van der Waals surface area (Å²) in [4.78, 5) is 14.0. The van der Waals surface area contributed by atoms with Crippen LogP contribution in [0.15, 0.2) is 42.5 Å². The predicted molar refractivity (Wildman–Crippen MR) is 88.8 cm³/mol. The van der Waals surface area contributed by atoms with Gasteiger partial charge >= 0.3 is 6.18 Å². The Hall–Kier alpha value is -1.99. The average Bonchev–Trinajstić information content (AvgIpc) is 2.89. The lowest BCUT2D eigenvalue weighted by Gasteiger charge is -2.16. The Bertz CT molecular complexity index is 762. The zero-order valence-corrected chi connectivity index (χ0v) is 13.7. The molecule has 0 aromatic heterocycles. The summed E-state index contributed by atoms with van der Waals surface area (Å²) in [5.41, 5.74) is 0.481. The van der Waals surface area contributed by atoms with Crippen LogP contribution < -0.4 is 9.62 Å². The van der Waals surface area contributed by atoms with Crippen LogP contribution in [0.5, 0.6) is 0 Å². The number of halogens is 3. The van der Waals surface area contributed by atoms with Crippen LogP contribution in [0, 0.1) is 0 Å². The summed E-state index contributed by atoms with van der Waals surface area (Å²) in [7, 11) is 0. The molecule has 2 aromatic carbocycles. The van der Waals surface area contributed by atoms with Gasteiger partial charge in [0.25, 0.3) is 5.91 Å². The van der Waals surface area contributed by atoms with Crippen molar-refractivity contribution in [2.24, 2.45) is 0 Å². The quantitative estimate of drug-likeness (QED) is 0.836. The third-order valence-electron chi connectivity index (χ3n) is 3.90. The summed E-state index contributed by atoms with van der Waals surface area (Å²) in [6.07, 6.45) is -2.70. The maximum atomic E-state index is 13.4. The minimum atomic E-state index is -4.49. The van der Waals surface area contributed by atoms with Gasteiger partial charge in [-0.15, -0.1) is 0 Å². The van der Waals surface area contributed by atoms with Crippen molar-refractivity contribution in [3.05, 3.63) is 64.7 Å². The van der Waals surface area contributed by atoms with E-state index in [1.54, 1.807) is 42.7 Å². The molecule has 1 aliphatic heterocycles. The molecule has 0 saturated carbocycles. The Morgan fingerprint density at radius 2 is 1.92 bits per heavy atom. The van der Waals surface area contributed by atoms with Crippen LogP contribution in [0.2, 0.25) is 0 Å². The number of fused-ring (bicyclic) bond motifs is 1. The smallest absolute Gasteiger partial charge is 0.304 e. The maximum absolute atomic E-state index is 13.4. The van der Waals surface area contributed by atoms with Gasteiger partial charge in [-0.2, -0.15) is 13.2 Å². The number of amides is 1. The number of nitrogens with one attached hydrogen (secondary N) is 1. The monoisotopic (exact) mass is 352 g/mol. The number of benzene rings is 2. The molecule has 0 bridgehead atoms. The fourth-order valence-electron chi connectivity index (χ4n) is 2.80. The van der Waals surface area contributed by atoms with Crippen molar-refractivity contribution in [2.45, 2.75) is 19.3 Å². The molecular weight excluding hydrogens is 337 g/mol. The Morgan fingerprint density at radius 3 is 2.54 bits per heavy atom. The van der Waals surface area contributed by atoms with Crippen LogP contribution in [-0.2, 0) is 19.3 Å². The molecule has 7 heteroatoms. The molecule has 0 unspecified atom stereocenters. The van der Waals surface area contributed by atoms with Gasteiger partial charge in [0, 0.05) is 17.8 Å². The van der Waals surface area contributed by atoms with Crippen molar-refractivity contribution in [1.82, 2.24) is 4.72 Å². The van der Waals surface area contributed by atoms with Crippen molar-refractivity contribution in [1.29, 1.82) is 0 Å². The highest BCUT2D eigenvalue weighted by atomic mass is 32.2. The summed E-state index contributed by atoms with van der Waals surface area (Å²) in [5.74, 6) is -0.396. The minimum Gasteiger partial charge on any atom is -0.304 e. The molecule has 0 fully saturated rings. The fraction of sp³-hybridized carbons (Fsp3) is 0.235. The molecule has 1 amide bonds. The van der Waals surface area contributed by atoms with Crippen LogP contribution in [0.25, 0.3) is 0 Å². The Kier molecular flexibility index (Phi) is 4.56. The Morgan fingerprint density at radius 1 is 1.21 bits per heavy atom. The van der Waals surface area contributed by atoms with Crippen molar-refractivity contribution < 1.29 is 18.0 Å². The first-order valence-electron chi connectivity index (χ1n) is 7.27. The molecule has 3 rings (SSSR count). The number of hydrogen-bond donors (Lipinski definition) is 1. The highest BCUT2D eigenvalue weighted by Crippen LogP contribution is 2.39. The fourth-order valence-corrected chi connectivity index (χ4v) is 3.11. The van der Waals surface area contributed by atoms with Crippen LogP contribution in [0.4, 0.5) is 18.9 Å². The molecule has 126 valence electrons. The van der Waals surface area contributed by atoms with Gasteiger partial charge in [-0.3, -0.25) is 9.52 Å². The number of nitrogens with zero attached hydrogens (tertiary/aromatic N) is 1. The topological polar surface area (TPSA) is 32.3 Å². The molecule has 0 saturated heterocycles. The van der Waals surface area contributed by atoms with Crippen LogP contribution in [0.1, 0.15) is 27.0 Å². The van der Waals surface area contributed by atoms with E-state index in [9.17, 15) is 18.0 Å². The molecule has 24 heavy (non-hydrogen) atoms. The van der Waals surface area contributed by atoms with Gasteiger partial charge in [0.2, 0.25) is 0 Å². The van der Waals surface area contributed by atoms with E-state index < -0.39 is 17.6 Å². The van der Waals surface area contributed by atoms with E-state index in [1.165, 1.54) is 16.8 Å². The second-order valence-corrected chi connectivity index (χ2v) is 6.12. The summed E-state index contributed by atoms with van der Waals surface area (Å²) < 4.78 is 43.3. The third kappa shape index (κ3) is 3.14. The van der Waals surface area contributed by atoms with Gasteiger partial charge in [-0.25, -0.2) is 0 Å². The van der Waals surface area contributed by atoms with E-state index in [-0.39, 0.29) is 24.2 Å². The van der Waals surface area contributed by atoms with E-state index in [2.05, 4.69) is 4.72 Å². The van der Waals surface area contributed by atoms with E-state index >= 15 is 0 Å². The van der Waals surface area contributed by atoms with E-state index in [0.29, 0.717) is 11.3 Å². The molecule has 1 aliphatic rings. The number of rotatable bonds is 4. The number of hydrogen-bond acceptors (Lipinski definition) is 3. The molecule has 1 heterocycles. The minimum absolute atomic E-state index is 0.0456. The Labute approximate surface area is 142 Å². The molecule has 0 radical (unpaired) electrons. The molecule has 0 aliphatic carbocycles. The van der Waals surface area contributed by atoms with Gasteiger partial charge in [0.05, 0.1) is 12.1 Å². The van der Waals surface area contributed by atoms with Gasteiger partial charge in [-0.05, 0) is 41.6 Å². The third-order valence-corrected chi connectivity index (χ3v) is 4.33. The molecule has 0 atom stereocenters. The van der Waals surface area contributed by atoms with Gasteiger partial charge < -0.3 is 4.90 Å². The number of anilines is 1. The van der Waals surface area contributed by atoms with Crippen LogP contribution >= 0.6 is 11.9 Å². The van der Waals surface area contributed by atoms with Crippen LogP contribution in [-0.4, -0.2) is 12.2 Å². The molecule has 1 N–H and O–H groups in total. The van der Waals surface area contributed by atoms with Crippen molar-refractivity contribution in [3.63, 3.8) is 0 Å². The first kappa shape index (κ1) is 16.9. The SMILES string of the molecule is CSNCc1cc2c(c(C(F)(F)F)c1)CN(c1ccccc1)C2=O. The van der Waals surface area contributed by atoms with Crippen molar-refractivity contribution in [2.75, 3.05) is 11.2 Å². The summed E-state index contributed by atoms with van der Waals surface area (Å²) in [6.45, 7) is 0.194. The molecule has 3 nitrogen and oxygen atoms in total. The normalized spacial score (nSPS) is 14.2. The number of carbonyl (C=O) groups excluding carboxylic acids is 1. The summed E-state index contributed by atoms with van der Waals surface area (Å²) in [5, 5.41) is 0. The second-order valence-electron chi connectivity index (χ2n) is 5.42. The predicted octanol–water partition coefficient (Wildman–Crippen LogP) is 4.23. The Balaban J connectivity index is 2.06. The van der Waals surface area contributed by atoms with E-state index in [1.807, 2.05) is 0 Å². The van der Waals surface area contributed by atoms with E-state index in [0.717, 1.165) is 6.07 Å². The lowest BCUT2D eigenvalue weighted by molar-refractivity contribution is -0.138. The molecule has 0 spiro atoms. The average molecular weight is 352 g/mol. The lowest BCUT2D eigenvalue weighted by Crippen LogP contribution is -2.22. The first-order chi connectivity index (χ1) is 11.4.